The monoisotopic (exact) mass is 293 g/mol. The maximum atomic E-state index is 8.76. The molecule has 0 spiro atoms. The Hall–Kier alpha value is -1.75. The number of nitrogens with one attached hydrogen (secondary N) is 1. The molecule has 118 valence electrons. The lowest BCUT2D eigenvalue weighted by Gasteiger charge is -2.23. The van der Waals surface area contributed by atoms with E-state index in [9.17, 15) is 0 Å². The molecule has 0 radical (unpaired) electrons. The van der Waals surface area contributed by atoms with E-state index in [0.29, 0.717) is 0 Å². The second-order valence-electron chi connectivity index (χ2n) is 5.80. The Kier molecular flexibility index (Phi) is 7.02. The largest absolute Gasteiger partial charge is 0.409 e. The molecular weight excluding hydrogens is 266 g/mol. The van der Waals surface area contributed by atoms with Gasteiger partial charge in [0.25, 0.3) is 0 Å². The summed E-state index contributed by atoms with van der Waals surface area (Å²) in [5, 5.41) is 15.3. The molecule has 0 aliphatic heterocycles. The minimum absolute atomic E-state index is 0.281. The topological polar surface area (TPSA) is 79.9 Å². The van der Waals surface area contributed by atoms with E-state index in [2.05, 4.69) is 22.6 Å². The fraction of sp³-hybridized carbons (Fsp3) is 0.562. The van der Waals surface area contributed by atoms with Crippen LogP contribution in [0, 0.1) is 5.41 Å². The van der Waals surface area contributed by atoms with Crippen LogP contribution in [0.2, 0.25) is 0 Å². The standard InChI is InChI=1S/C16H27N3O2/c1-16(2,15(17)19-20)10-6-11-18-14-8-5-4-7-13(14)9-12-21-3/h4-5,7-8,18,20H,6,9-12H2,1-3H3,(H2,17,19). The van der Waals surface area contributed by atoms with Crippen LogP contribution >= 0.6 is 0 Å². The molecule has 4 N–H and O–H groups in total. The number of oxime groups is 1. The summed E-state index contributed by atoms with van der Waals surface area (Å²) in [6.07, 6.45) is 2.70. The van der Waals surface area contributed by atoms with Gasteiger partial charge in [-0.3, -0.25) is 0 Å². The Morgan fingerprint density at radius 1 is 1.38 bits per heavy atom. The van der Waals surface area contributed by atoms with Crippen LogP contribution in [0.1, 0.15) is 32.3 Å². The highest BCUT2D eigenvalue weighted by Gasteiger charge is 2.22. The van der Waals surface area contributed by atoms with Gasteiger partial charge in [0.2, 0.25) is 0 Å². The molecule has 0 aliphatic carbocycles. The third kappa shape index (κ3) is 5.63. The average Bonchev–Trinajstić information content (AvgIpc) is 2.49. The first-order valence-electron chi connectivity index (χ1n) is 7.30. The molecule has 0 fully saturated rings. The van der Waals surface area contributed by atoms with Crippen molar-refractivity contribution >= 4 is 11.5 Å². The Labute approximate surface area is 127 Å². The van der Waals surface area contributed by atoms with Crippen molar-refractivity contribution in [1.82, 2.24) is 0 Å². The molecule has 5 nitrogen and oxygen atoms in total. The number of rotatable bonds is 9. The number of hydrogen-bond acceptors (Lipinski definition) is 4. The minimum atomic E-state index is -0.286. The summed E-state index contributed by atoms with van der Waals surface area (Å²) in [5.74, 6) is 0.281. The molecule has 0 aliphatic rings. The maximum Gasteiger partial charge on any atom is 0.144 e. The third-order valence-electron chi connectivity index (χ3n) is 3.69. The number of ether oxygens (including phenoxy) is 1. The molecule has 0 bridgehead atoms. The van der Waals surface area contributed by atoms with Gasteiger partial charge in [-0.15, -0.1) is 0 Å². The summed E-state index contributed by atoms with van der Waals surface area (Å²) in [6.45, 7) is 5.53. The van der Waals surface area contributed by atoms with E-state index in [1.807, 2.05) is 26.0 Å². The number of benzene rings is 1. The number of methoxy groups -OCH3 is 1. The number of nitrogens with zero attached hydrogens (tertiary/aromatic N) is 1. The highest BCUT2D eigenvalue weighted by molar-refractivity contribution is 5.85. The molecule has 0 aromatic heterocycles. The van der Waals surface area contributed by atoms with Gasteiger partial charge in [-0.2, -0.15) is 0 Å². The molecule has 0 heterocycles. The second-order valence-corrected chi connectivity index (χ2v) is 5.80. The van der Waals surface area contributed by atoms with Crippen LogP contribution in [0.5, 0.6) is 0 Å². The molecule has 5 heteroatoms. The number of para-hydroxylation sites is 1. The van der Waals surface area contributed by atoms with E-state index >= 15 is 0 Å². The Bertz CT molecular complexity index is 459. The lowest BCUT2D eigenvalue weighted by Crippen LogP contribution is -2.32. The fourth-order valence-corrected chi connectivity index (χ4v) is 2.14. The SMILES string of the molecule is COCCc1ccccc1NCCCC(C)(C)/C(N)=N/O. The van der Waals surface area contributed by atoms with E-state index in [-0.39, 0.29) is 11.3 Å². The zero-order valence-corrected chi connectivity index (χ0v) is 13.2. The van der Waals surface area contributed by atoms with Crippen LogP contribution in [0.15, 0.2) is 29.4 Å². The van der Waals surface area contributed by atoms with Gasteiger partial charge in [-0.25, -0.2) is 0 Å². The first-order valence-corrected chi connectivity index (χ1v) is 7.30. The van der Waals surface area contributed by atoms with Gasteiger partial charge in [0.15, 0.2) is 0 Å². The molecule has 0 saturated heterocycles. The van der Waals surface area contributed by atoms with E-state index in [0.717, 1.165) is 38.1 Å². The van der Waals surface area contributed by atoms with Crippen molar-refractivity contribution < 1.29 is 9.94 Å². The second kappa shape index (κ2) is 8.52. The predicted molar refractivity (Wildman–Crippen MR) is 86.9 cm³/mol. The van der Waals surface area contributed by atoms with Gasteiger partial charge in [0, 0.05) is 24.8 Å². The molecule has 0 saturated carbocycles. The van der Waals surface area contributed by atoms with Gasteiger partial charge < -0.3 is 21.0 Å². The van der Waals surface area contributed by atoms with Crippen LogP contribution in [0.25, 0.3) is 0 Å². The van der Waals surface area contributed by atoms with Crippen molar-refractivity contribution in [2.75, 3.05) is 25.6 Å². The molecule has 21 heavy (non-hydrogen) atoms. The number of anilines is 1. The van der Waals surface area contributed by atoms with Crippen molar-refractivity contribution in [3.63, 3.8) is 0 Å². The van der Waals surface area contributed by atoms with Crippen molar-refractivity contribution in [3.05, 3.63) is 29.8 Å². The van der Waals surface area contributed by atoms with Crippen molar-refractivity contribution in [2.24, 2.45) is 16.3 Å². The molecular formula is C16H27N3O2. The van der Waals surface area contributed by atoms with Crippen LogP contribution in [-0.2, 0) is 11.2 Å². The van der Waals surface area contributed by atoms with Crippen molar-refractivity contribution in [2.45, 2.75) is 33.1 Å². The first kappa shape index (κ1) is 17.3. The number of hydrogen-bond donors (Lipinski definition) is 3. The Balaban J connectivity index is 2.46. The highest BCUT2D eigenvalue weighted by atomic mass is 16.5. The molecule has 1 rings (SSSR count). The number of amidine groups is 1. The lowest BCUT2D eigenvalue weighted by molar-refractivity contribution is 0.202. The highest BCUT2D eigenvalue weighted by Crippen LogP contribution is 2.23. The van der Waals surface area contributed by atoms with Gasteiger partial charge in [0.1, 0.15) is 5.84 Å². The molecule has 0 unspecified atom stereocenters. The summed E-state index contributed by atoms with van der Waals surface area (Å²) >= 11 is 0. The zero-order chi connectivity index (χ0) is 15.7. The van der Waals surface area contributed by atoms with Gasteiger partial charge >= 0.3 is 0 Å². The van der Waals surface area contributed by atoms with Crippen LogP contribution in [-0.4, -0.2) is 31.3 Å². The summed E-state index contributed by atoms with van der Waals surface area (Å²) in [4.78, 5) is 0. The average molecular weight is 293 g/mol. The predicted octanol–water partition coefficient (Wildman–Crippen LogP) is 2.84. The zero-order valence-electron chi connectivity index (χ0n) is 13.2. The maximum absolute atomic E-state index is 8.76. The van der Waals surface area contributed by atoms with Crippen molar-refractivity contribution in [1.29, 1.82) is 0 Å². The summed E-state index contributed by atoms with van der Waals surface area (Å²) in [6, 6.07) is 8.26. The minimum Gasteiger partial charge on any atom is -0.409 e. The third-order valence-corrected chi connectivity index (χ3v) is 3.69. The van der Waals surface area contributed by atoms with Gasteiger partial charge in [0.05, 0.1) is 6.61 Å². The van der Waals surface area contributed by atoms with Crippen molar-refractivity contribution in [3.8, 4) is 0 Å². The number of nitrogens with two attached hydrogens (primary N) is 1. The van der Waals surface area contributed by atoms with Crippen LogP contribution in [0.4, 0.5) is 5.69 Å². The van der Waals surface area contributed by atoms with E-state index < -0.39 is 0 Å². The first-order chi connectivity index (χ1) is 10.0. The van der Waals surface area contributed by atoms with E-state index in [1.165, 1.54) is 5.56 Å². The van der Waals surface area contributed by atoms with Crippen LogP contribution in [0.3, 0.4) is 0 Å². The normalized spacial score (nSPS) is 12.4. The molecule has 1 aromatic carbocycles. The Morgan fingerprint density at radius 3 is 2.76 bits per heavy atom. The quantitative estimate of drug-likeness (QED) is 0.215. The fourth-order valence-electron chi connectivity index (χ4n) is 2.14. The summed E-state index contributed by atoms with van der Waals surface area (Å²) < 4.78 is 5.13. The summed E-state index contributed by atoms with van der Waals surface area (Å²) in [7, 11) is 1.71. The molecule has 0 amide bonds. The summed E-state index contributed by atoms with van der Waals surface area (Å²) in [5.41, 5.74) is 7.81. The van der Waals surface area contributed by atoms with Gasteiger partial charge in [-0.05, 0) is 30.9 Å². The van der Waals surface area contributed by atoms with Crippen LogP contribution < -0.4 is 11.1 Å². The molecule has 0 atom stereocenters. The Morgan fingerprint density at radius 2 is 2.10 bits per heavy atom. The smallest absolute Gasteiger partial charge is 0.144 e. The molecule has 1 aromatic rings. The lowest BCUT2D eigenvalue weighted by atomic mass is 9.86. The van der Waals surface area contributed by atoms with E-state index in [4.69, 9.17) is 15.7 Å². The van der Waals surface area contributed by atoms with E-state index in [1.54, 1.807) is 7.11 Å². The van der Waals surface area contributed by atoms with Gasteiger partial charge in [-0.1, -0.05) is 37.2 Å².